The number of hydrogen-bond acceptors (Lipinski definition) is 2. The van der Waals surface area contributed by atoms with Crippen LogP contribution in [0.5, 0.6) is 0 Å². The maximum atomic E-state index is 10.4. The molecule has 2 amide bonds. The number of amides is 2. The van der Waals surface area contributed by atoms with Gasteiger partial charge in [0.05, 0.1) is 0 Å². The van der Waals surface area contributed by atoms with Crippen molar-refractivity contribution in [2.45, 2.75) is 13.3 Å². The summed E-state index contributed by atoms with van der Waals surface area (Å²) in [7, 11) is 0. The Hall–Kier alpha value is -1.19. The molecule has 0 saturated heterocycles. The maximum Gasteiger partial charge on any atom is 0.337 e. The molecule has 0 unspecified atom stereocenters. The van der Waals surface area contributed by atoms with Crippen molar-refractivity contribution in [2.24, 2.45) is 4.99 Å². The van der Waals surface area contributed by atoms with Gasteiger partial charge in [0.15, 0.2) is 0 Å². The van der Waals surface area contributed by atoms with Crippen molar-refractivity contribution < 1.29 is 9.59 Å². The molecule has 48 valence electrons. The molecule has 0 aromatic carbocycles. The fraction of sp³-hybridized carbons (Fsp3) is 0.400. The zero-order valence-corrected chi connectivity index (χ0v) is 4.97. The molecule has 0 spiro atoms. The monoisotopic (exact) mass is 126 g/mol. The second-order valence-corrected chi connectivity index (χ2v) is 1.67. The van der Waals surface area contributed by atoms with E-state index in [1.165, 1.54) is 0 Å². The van der Waals surface area contributed by atoms with E-state index in [1.54, 1.807) is 0 Å². The van der Waals surface area contributed by atoms with Crippen LogP contribution in [0.2, 0.25) is 0 Å². The quantitative estimate of drug-likeness (QED) is 0.479. The predicted octanol–water partition coefficient (Wildman–Crippen LogP) is -0.549. The molecule has 1 aliphatic heterocycles. The van der Waals surface area contributed by atoms with Gasteiger partial charge in [-0.25, -0.2) is 0 Å². The fourth-order valence-corrected chi connectivity index (χ4v) is 0.553. The fourth-order valence-electron chi connectivity index (χ4n) is 0.553. The van der Waals surface area contributed by atoms with E-state index in [0.29, 0.717) is 12.3 Å². The van der Waals surface area contributed by atoms with Gasteiger partial charge in [-0.2, -0.15) is 4.99 Å². The number of carbonyl (C=O) groups excluding carboxylic acids is 2. The van der Waals surface area contributed by atoms with Gasteiger partial charge in [-0.05, 0) is 0 Å². The first-order chi connectivity index (χ1) is 4.24. The average Bonchev–Trinajstić information content (AvgIpc) is 2.13. The molecule has 0 aliphatic carbocycles. The number of rotatable bonds is 1. The molecule has 4 heteroatoms. The summed E-state index contributed by atoms with van der Waals surface area (Å²) >= 11 is 0. The van der Waals surface area contributed by atoms with Crippen LogP contribution in [0.1, 0.15) is 13.3 Å². The average molecular weight is 126 g/mol. The molecule has 1 aliphatic rings. The number of hydrogen-bond donors (Lipinski definition) is 1. The van der Waals surface area contributed by atoms with Crippen LogP contribution in [0, 0.1) is 0 Å². The first kappa shape index (κ1) is 5.94. The molecule has 4 nitrogen and oxygen atoms in total. The van der Waals surface area contributed by atoms with Crippen LogP contribution in [-0.2, 0) is 9.59 Å². The lowest BCUT2D eigenvalue weighted by atomic mass is 10.4. The molecular formula is C5H6N2O2. The van der Waals surface area contributed by atoms with Gasteiger partial charge >= 0.3 is 11.8 Å². The van der Waals surface area contributed by atoms with Crippen molar-refractivity contribution in [3.63, 3.8) is 0 Å². The van der Waals surface area contributed by atoms with Gasteiger partial charge in [0, 0.05) is 6.42 Å². The Balaban J connectivity index is 2.74. The summed E-state index contributed by atoms with van der Waals surface area (Å²) in [6, 6.07) is 0. The van der Waals surface area contributed by atoms with E-state index < -0.39 is 11.8 Å². The lowest BCUT2D eigenvalue weighted by Crippen LogP contribution is -2.25. The highest BCUT2D eigenvalue weighted by atomic mass is 16.2. The van der Waals surface area contributed by atoms with E-state index in [0.717, 1.165) is 0 Å². The SMILES string of the molecule is CCC1=NC(=O)C(=O)N1. The maximum absolute atomic E-state index is 10.4. The third kappa shape index (κ3) is 0.960. The van der Waals surface area contributed by atoms with Gasteiger partial charge in [-0.3, -0.25) is 9.59 Å². The standard InChI is InChI=1S/C5H6N2O2/c1-2-3-6-4(8)5(9)7-3/h2H2,1H3,(H,6,7,8,9). The van der Waals surface area contributed by atoms with E-state index in [1.807, 2.05) is 6.92 Å². The molecule has 0 fully saturated rings. The second-order valence-electron chi connectivity index (χ2n) is 1.67. The lowest BCUT2D eigenvalue weighted by Gasteiger charge is -1.89. The molecule has 1 rings (SSSR count). The van der Waals surface area contributed by atoms with Crippen molar-refractivity contribution in [1.29, 1.82) is 0 Å². The minimum absolute atomic E-state index is 0.463. The van der Waals surface area contributed by atoms with Crippen molar-refractivity contribution in [3.05, 3.63) is 0 Å². The van der Waals surface area contributed by atoms with Crippen LogP contribution in [0.3, 0.4) is 0 Å². The van der Waals surface area contributed by atoms with Crippen LogP contribution in [-0.4, -0.2) is 17.6 Å². The molecular weight excluding hydrogens is 120 g/mol. The van der Waals surface area contributed by atoms with Gasteiger partial charge in [0.25, 0.3) is 0 Å². The van der Waals surface area contributed by atoms with Gasteiger partial charge in [-0.1, -0.05) is 6.92 Å². The minimum Gasteiger partial charge on any atom is -0.306 e. The third-order valence-electron chi connectivity index (χ3n) is 1.02. The van der Waals surface area contributed by atoms with Crippen LogP contribution in [0.15, 0.2) is 4.99 Å². The summed E-state index contributed by atoms with van der Waals surface area (Å²) in [6.45, 7) is 1.82. The normalized spacial score (nSPS) is 17.7. The number of amidine groups is 1. The highest BCUT2D eigenvalue weighted by Crippen LogP contribution is 1.91. The van der Waals surface area contributed by atoms with Crippen molar-refractivity contribution >= 4 is 17.6 Å². The number of aliphatic imine (C=N–C) groups is 1. The van der Waals surface area contributed by atoms with Crippen LogP contribution in [0.25, 0.3) is 0 Å². The summed E-state index contributed by atoms with van der Waals surface area (Å²) in [4.78, 5) is 24.1. The van der Waals surface area contributed by atoms with E-state index in [9.17, 15) is 9.59 Å². The summed E-state index contributed by atoms with van der Waals surface area (Å²) < 4.78 is 0. The predicted molar refractivity (Wildman–Crippen MR) is 30.9 cm³/mol. The first-order valence-corrected chi connectivity index (χ1v) is 2.67. The Kier molecular flexibility index (Phi) is 1.30. The summed E-state index contributed by atoms with van der Waals surface area (Å²) in [5.74, 6) is -0.844. The molecule has 1 heterocycles. The van der Waals surface area contributed by atoms with Gasteiger partial charge in [0.1, 0.15) is 5.84 Å². The van der Waals surface area contributed by atoms with Gasteiger partial charge < -0.3 is 5.32 Å². The third-order valence-corrected chi connectivity index (χ3v) is 1.02. The molecule has 0 saturated carbocycles. The van der Waals surface area contributed by atoms with Crippen molar-refractivity contribution in [3.8, 4) is 0 Å². The second kappa shape index (κ2) is 1.97. The topological polar surface area (TPSA) is 58.5 Å². The van der Waals surface area contributed by atoms with Crippen LogP contribution in [0.4, 0.5) is 0 Å². The van der Waals surface area contributed by atoms with E-state index >= 15 is 0 Å². The Morgan fingerprint density at radius 1 is 1.56 bits per heavy atom. The minimum atomic E-state index is -0.688. The summed E-state index contributed by atoms with van der Waals surface area (Å²) in [6.07, 6.45) is 0.595. The van der Waals surface area contributed by atoms with Crippen LogP contribution >= 0.6 is 0 Å². The molecule has 9 heavy (non-hydrogen) atoms. The van der Waals surface area contributed by atoms with Gasteiger partial charge in [0.2, 0.25) is 0 Å². The zero-order valence-electron chi connectivity index (χ0n) is 4.97. The molecule has 0 aromatic heterocycles. The van der Waals surface area contributed by atoms with E-state index in [2.05, 4.69) is 10.3 Å². The van der Waals surface area contributed by atoms with Crippen molar-refractivity contribution in [2.75, 3.05) is 0 Å². The summed E-state index contributed by atoms with van der Waals surface area (Å²) in [5.41, 5.74) is 0. The molecule has 0 atom stereocenters. The number of nitrogens with one attached hydrogen (secondary N) is 1. The first-order valence-electron chi connectivity index (χ1n) is 2.67. The Morgan fingerprint density at radius 3 is 2.44 bits per heavy atom. The molecule has 0 aromatic rings. The van der Waals surface area contributed by atoms with Gasteiger partial charge in [-0.15, -0.1) is 0 Å². The van der Waals surface area contributed by atoms with Crippen molar-refractivity contribution in [1.82, 2.24) is 5.32 Å². The highest BCUT2D eigenvalue weighted by molar-refractivity contribution is 6.44. The highest BCUT2D eigenvalue weighted by Gasteiger charge is 2.21. The molecule has 1 N–H and O–H groups in total. The largest absolute Gasteiger partial charge is 0.337 e. The van der Waals surface area contributed by atoms with Crippen LogP contribution < -0.4 is 5.32 Å². The Morgan fingerprint density at radius 2 is 2.22 bits per heavy atom. The number of nitrogens with zero attached hydrogens (tertiary/aromatic N) is 1. The molecule has 0 bridgehead atoms. The smallest absolute Gasteiger partial charge is 0.306 e. The van der Waals surface area contributed by atoms with E-state index in [4.69, 9.17) is 0 Å². The Bertz CT molecular complexity index is 195. The zero-order chi connectivity index (χ0) is 6.85. The molecule has 0 radical (unpaired) electrons. The lowest BCUT2D eigenvalue weighted by molar-refractivity contribution is -0.135. The van der Waals surface area contributed by atoms with E-state index in [-0.39, 0.29) is 0 Å². The number of carbonyl (C=O) groups is 2. The Labute approximate surface area is 52.0 Å². The summed E-state index contributed by atoms with van der Waals surface area (Å²) in [5, 5.41) is 2.31.